The molecule has 1 aromatic heterocycles. The molecular weight excluding hydrogens is 234 g/mol. The number of hydrogen-bond donors (Lipinski definition) is 1. The van der Waals surface area contributed by atoms with Crippen molar-refractivity contribution in [3.05, 3.63) is 23.4 Å². The molecule has 0 spiro atoms. The maximum Gasteiger partial charge on any atom is 0.129 e. The topological polar surface area (TPSA) is 42.1 Å². The van der Waals surface area contributed by atoms with Crippen LogP contribution >= 0.6 is 0 Å². The zero-order chi connectivity index (χ0) is 13.7. The number of nitrogens with two attached hydrogens (primary N) is 1. The van der Waals surface area contributed by atoms with E-state index in [0.29, 0.717) is 6.54 Å². The van der Waals surface area contributed by atoms with Crippen LogP contribution in [-0.4, -0.2) is 18.1 Å². The molecule has 3 nitrogen and oxygen atoms in total. The Kier molecular flexibility index (Phi) is 5.20. The summed E-state index contributed by atoms with van der Waals surface area (Å²) >= 11 is 0. The summed E-state index contributed by atoms with van der Waals surface area (Å²) in [5.74, 6) is 1.98. The number of hydrogen-bond acceptors (Lipinski definition) is 3. The first-order chi connectivity index (χ1) is 9.22. The van der Waals surface area contributed by atoms with E-state index < -0.39 is 0 Å². The van der Waals surface area contributed by atoms with Gasteiger partial charge in [0.2, 0.25) is 0 Å². The van der Waals surface area contributed by atoms with Crippen LogP contribution < -0.4 is 10.6 Å². The Morgan fingerprint density at radius 2 is 2.16 bits per heavy atom. The molecule has 1 unspecified atom stereocenters. The molecule has 19 heavy (non-hydrogen) atoms. The van der Waals surface area contributed by atoms with Gasteiger partial charge in [-0.05, 0) is 49.3 Å². The zero-order valence-electron chi connectivity index (χ0n) is 12.4. The first-order valence-corrected chi connectivity index (χ1v) is 7.67. The highest BCUT2D eigenvalue weighted by Gasteiger charge is 2.16. The molecule has 0 aromatic carbocycles. The number of anilines is 1. The summed E-state index contributed by atoms with van der Waals surface area (Å²) in [4.78, 5) is 7.28. The van der Waals surface area contributed by atoms with E-state index in [-0.39, 0.29) is 0 Å². The Balaban J connectivity index is 2.19. The van der Waals surface area contributed by atoms with Gasteiger partial charge in [0, 0.05) is 25.3 Å². The minimum Gasteiger partial charge on any atom is -0.357 e. The standard InChI is InChI=1S/C16H27N3/c1-3-5-15-10-14(12-17)11-16(18-15)19-8-4-6-13(2)7-9-19/h10-11,13H,3-9,12,17H2,1-2H3. The molecule has 1 aromatic rings. The number of aromatic nitrogens is 1. The predicted molar refractivity (Wildman–Crippen MR) is 81.4 cm³/mol. The van der Waals surface area contributed by atoms with Gasteiger partial charge >= 0.3 is 0 Å². The molecule has 1 aliphatic heterocycles. The number of nitrogens with zero attached hydrogens (tertiary/aromatic N) is 2. The molecular formula is C16H27N3. The predicted octanol–water partition coefficient (Wildman–Crippen LogP) is 3.12. The van der Waals surface area contributed by atoms with Gasteiger partial charge in [-0.15, -0.1) is 0 Å². The summed E-state index contributed by atoms with van der Waals surface area (Å²) < 4.78 is 0. The molecule has 0 radical (unpaired) electrons. The van der Waals surface area contributed by atoms with E-state index in [1.165, 1.54) is 30.5 Å². The van der Waals surface area contributed by atoms with Gasteiger partial charge in [0.05, 0.1) is 0 Å². The van der Waals surface area contributed by atoms with Gasteiger partial charge in [-0.25, -0.2) is 4.98 Å². The van der Waals surface area contributed by atoms with E-state index in [4.69, 9.17) is 10.7 Å². The van der Waals surface area contributed by atoms with Crippen LogP contribution in [0.4, 0.5) is 5.82 Å². The van der Waals surface area contributed by atoms with Crippen molar-refractivity contribution in [3.63, 3.8) is 0 Å². The average molecular weight is 261 g/mol. The van der Waals surface area contributed by atoms with Crippen molar-refractivity contribution < 1.29 is 0 Å². The fraction of sp³-hybridized carbons (Fsp3) is 0.688. The summed E-state index contributed by atoms with van der Waals surface area (Å²) in [5.41, 5.74) is 8.23. The van der Waals surface area contributed by atoms with Crippen LogP contribution in [0.15, 0.2) is 12.1 Å². The van der Waals surface area contributed by atoms with Gasteiger partial charge in [-0.2, -0.15) is 0 Å². The van der Waals surface area contributed by atoms with Crippen LogP contribution in [0.5, 0.6) is 0 Å². The molecule has 2 rings (SSSR count). The zero-order valence-corrected chi connectivity index (χ0v) is 12.4. The van der Waals surface area contributed by atoms with Crippen LogP contribution in [-0.2, 0) is 13.0 Å². The molecule has 1 aliphatic rings. The third kappa shape index (κ3) is 3.93. The van der Waals surface area contributed by atoms with Crippen LogP contribution in [0.3, 0.4) is 0 Å². The minimum absolute atomic E-state index is 0.608. The monoisotopic (exact) mass is 261 g/mol. The Morgan fingerprint density at radius 3 is 2.89 bits per heavy atom. The Bertz CT molecular complexity index is 403. The van der Waals surface area contributed by atoms with E-state index in [2.05, 4.69) is 30.9 Å². The van der Waals surface area contributed by atoms with E-state index >= 15 is 0 Å². The van der Waals surface area contributed by atoms with Crippen LogP contribution in [0.25, 0.3) is 0 Å². The minimum atomic E-state index is 0.608. The van der Waals surface area contributed by atoms with Crippen LogP contribution in [0, 0.1) is 5.92 Å². The molecule has 0 bridgehead atoms. The lowest BCUT2D eigenvalue weighted by Crippen LogP contribution is -2.25. The molecule has 1 saturated heterocycles. The van der Waals surface area contributed by atoms with Gasteiger partial charge in [0.25, 0.3) is 0 Å². The number of aryl methyl sites for hydroxylation is 1. The van der Waals surface area contributed by atoms with Crippen molar-refractivity contribution in [2.24, 2.45) is 11.7 Å². The summed E-state index contributed by atoms with van der Waals surface area (Å²) in [5, 5.41) is 0. The summed E-state index contributed by atoms with van der Waals surface area (Å²) in [6.45, 7) is 7.43. The maximum absolute atomic E-state index is 5.82. The Morgan fingerprint density at radius 1 is 1.32 bits per heavy atom. The Labute approximate surface area is 117 Å². The average Bonchev–Trinajstić information content (AvgIpc) is 2.63. The second-order valence-electron chi connectivity index (χ2n) is 5.80. The lowest BCUT2D eigenvalue weighted by Gasteiger charge is -2.23. The maximum atomic E-state index is 5.82. The second-order valence-corrected chi connectivity index (χ2v) is 5.80. The molecule has 1 fully saturated rings. The SMILES string of the molecule is CCCc1cc(CN)cc(N2CCCC(C)CC2)n1. The third-order valence-electron chi connectivity index (χ3n) is 4.01. The first-order valence-electron chi connectivity index (χ1n) is 7.67. The number of rotatable bonds is 4. The smallest absolute Gasteiger partial charge is 0.129 e. The van der Waals surface area contributed by atoms with Gasteiger partial charge in [-0.3, -0.25) is 0 Å². The van der Waals surface area contributed by atoms with E-state index in [0.717, 1.165) is 37.7 Å². The normalized spacial score (nSPS) is 20.4. The molecule has 0 aliphatic carbocycles. The molecule has 2 heterocycles. The molecule has 0 amide bonds. The highest BCUT2D eigenvalue weighted by Crippen LogP contribution is 2.22. The van der Waals surface area contributed by atoms with Crippen molar-refractivity contribution in [2.45, 2.75) is 52.5 Å². The molecule has 106 valence electrons. The van der Waals surface area contributed by atoms with E-state index in [1.807, 2.05) is 0 Å². The molecule has 1 atom stereocenters. The lowest BCUT2D eigenvalue weighted by atomic mass is 10.0. The van der Waals surface area contributed by atoms with Crippen molar-refractivity contribution in [1.29, 1.82) is 0 Å². The first kappa shape index (κ1) is 14.3. The van der Waals surface area contributed by atoms with Gasteiger partial charge in [-0.1, -0.05) is 20.3 Å². The number of pyridine rings is 1. The van der Waals surface area contributed by atoms with Gasteiger partial charge in [0.1, 0.15) is 5.82 Å². The summed E-state index contributed by atoms with van der Waals surface area (Å²) in [7, 11) is 0. The van der Waals surface area contributed by atoms with Crippen molar-refractivity contribution in [1.82, 2.24) is 4.98 Å². The largest absolute Gasteiger partial charge is 0.357 e. The lowest BCUT2D eigenvalue weighted by molar-refractivity contribution is 0.521. The fourth-order valence-corrected chi connectivity index (χ4v) is 2.79. The summed E-state index contributed by atoms with van der Waals surface area (Å²) in [6.07, 6.45) is 6.08. The van der Waals surface area contributed by atoms with Crippen molar-refractivity contribution in [3.8, 4) is 0 Å². The van der Waals surface area contributed by atoms with Crippen molar-refractivity contribution in [2.75, 3.05) is 18.0 Å². The Hall–Kier alpha value is -1.09. The highest BCUT2D eigenvalue weighted by molar-refractivity contribution is 5.43. The van der Waals surface area contributed by atoms with Crippen LogP contribution in [0.2, 0.25) is 0 Å². The highest BCUT2D eigenvalue weighted by atomic mass is 15.2. The second kappa shape index (κ2) is 6.90. The summed E-state index contributed by atoms with van der Waals surface area (Å²) in [6, 6.07) is 4.34. The quantitative estimate of drug-likeness (QED) is 0.905. The molecule has 0 saturated carbocycles. The molecule has 2 N–H and O–H groups in total. The van der Waals surface area contributed by atoms with Crippen LogP contribution in [0.1, 0.15) is 50.8 Å². The molecule has 3 heteroatoms. The van der Waals surface area contributed by atoms with Crippen molar-refractivity contribution >= 4 is 5.82 Å². The van der Waals surface area contributed by atoms with E-state index in [1.54, 1.807) is 0 Å². The fourth-order valence-electron chi connectivity index (χ4n) is 2.79. The van der Waals surface area contributed by atoms with E-state index in [9.17, 15) is 0 Å². The van der Waals surface area contributed by atoms with Gasteiger partial charge < -0.3 is 10.6 Å². The van der Waals surface area contributed by atoms with Gasteiger partial charge in [0.15, 0.2) is 0 Å². The third-order valence-corrected chi connectivity index (χ3v) is 4.01.